The van der Waals surface area contributed by atoms with E-state index in [2.05, 4.69) is 16.8 Å². The zero-order valence-electron chi connectivity index (χ0n) is 22.7. The SMILES string of the molecule is COc1cccc(S(=O)(=O)N(C)C[C@H]2Oc3ncc(C#CCN(C)C)cc3C(=O)N([C@@H](C)CO)C[C@H]2C)c1. The van der Waals surface area contributed by atoms with Gasteiger partial charge in [-0.25, -0.2) is 13.4 Å². The lowest BCUT2D eigenvalue weighted by Gasteiger charge is -2.37. The Balaban J connectivity index is 1.97. The van der Waals surface area contributed by atoms with E-state index < -0.39 is 22.2 Å². The number of hydrogen-bond acceptors (Lipinski definition) is 8. The van der Waals surface area contributed by atoms with Crippen molar-refractivity contribution in [1.82, 2.24) is 19.1 Å². The molecule has 2 aromatic rings. The number of aliphatic hydroxyl groups excluding tert-OH is 1. The molecule has 1 aromatic carbocycles. The molecule has 0 fully saturated rings. The van der Waals surface area contributed by atoms with Gasteiger partial charge in [-0.05, 0) is 39.2 Å². The van der Waals surface area contributed by atoms with E-state index >= 15 is 0 Å². The van der Waals surface area contributed by atoms with Crippen LogP contribution in [-0.2, 0) is 10.0 Å². The first-order valence-electron chi connectivity index (χ1n) is 12.3. The van der Waals surface area contributed by atoms with E-state index in [1.807, 2.05) is 25.9 Å². The van der Waals surface area contributed by atoms with Gasteiger partial charge in [0.25, 0.3) is 5.91 Å². The molecule has 1 amide bonds. The Morgan fingerprint density at radius 1 is 1.29 bits per heavy atom. The second kappa shape index (κ2) is 12.6. The van der Waals surface area contributed by atoms with Crippen molar-refractivity contribution in [3.63, 3.8) is 0 Å². The van der Waals surface area contributed by atoms with Gasteiger partial charge in [0.05, 0.1) is 37.7 Å². The third-order valence-corrected chi connectivity index (χ3v) is 8.15. The van der Waals surface area contributed by atoms with E-state index in [9.17, 15) is 18.3 Å². The lowest BCUT2D eigenvalue weighted by Crippen LogP contribution is -2.50. The van der Waals surface area contributed by atoms with Crippen LogP contribution in [0.5, 0.6) is 11.6 Å². The first kappa shape index (κ1) is 29.4. The lowest BCUT2D eigenvalue weighted by molar-refractivity contribution is 0.0373. The van der Waals surface area contributed by atoms with Crippen molar-refractivity contribution in [2.24, 2.45) is 5.92 Å². The second-order valence-corrected chi connectivity index (χ2v) is 11.7. The van der Waals surface area contributed by atoms with Gasteiger partial charge in [0.1, 0.15) is 17.4 Å². The van der Waals surface area contributed by atoms with Crippen molar-refractivity contribution in [3.8, 4) is 23.5 Å². The van der Waals surface area contributed by atoms with E-state index in [-0.39, 0.29) is 47.9 Å². The van der Waals surface area contributed by atoms with E-state index in [4.69, 9.17) is 9.47 Å². The fourth-order valence-electron chi connectivity index (χ4n) is 3.98. The van der Waals surface area contributed by atoms with Crippen LogP contribution in [0.2, 0.25) is 0 Å². The number of aromatic nitrogens is 1. The number of methoxy groups -OCH3 is 1. The van der Waals surface area contributed by atoms with Gasteiger partial charge in [-0.15, -0.1) is 0 Å². The largest absolute Gasteiger partial charge is 0.497 e. The quantitative estimate of drug-likeness (QED) is 0.498. The normalized spacial score (nSPS) is 18.7. The molecular weight excluding hydrogens is 508 g/mol. The van der Waals surface area contributed by atoms with Crippen LogP contribution in [0.1, 0.15) is 29.8 Å². The average Bonchev–Trinajstić information content (AvgIpc) is 2.90. The number of ether oxygens (including phenoxy) is 2. The molecule has 0 saturated carbocycles. The molecule has 0 bridgehead atoms. The number of fused-ring (bicyclic) bond motifs is 1. The lowest BCUT2D eigenvalue weighted by atomic mass is 10.0. The third kappa shape index (κ3) is 6.82. The van der Waals surface area contributed by atoms with Crippen molar-refractivity contribution in [2.75, 3.05) is 54.5 Å². The van der Waals surface area contributed by atoms with Gasteiger partial charge in [0.15, 0.2) is 0 Å². The molecule has 1 aliphatic rings. The molecule has 1 aliphatic heterocycles. The van der Waals surface area contributed by atoms with Crippen molar-refractivity contribution >= 4 is 15.9 Å². The van der Waals surface area contributed by atoms with Gasteiger partial charge in [-0.1, -0.05) is 24.8 Å². The molecule has 3 rings (SSSR count). The Morgan fingerprint density at radius 2 is 2.03 bits per heavy atom. The highest BCUT2D eigenvalue weighted by Gasteiger charge is 2.36. The van der Waals surface area contributed by atoms with Gasteiger partial charge in [0, 0.05) is 37.3 Å². The molecule has 206 valence electrons. The first-order chi connectivity index (χ1) is 18.0. The van der Waals surface area contributed by atoms with Crippen LogP contribution < -0.4 is 9.47 Å². The molecule has 2 heterocycles. The van der Waals surface area contributed by atoms with Gasteiger partial charge in [-0.3, -0.25) is 9.69 Å². The van der Waals surface area contributed by atoms with E-state index in [0.29, 0.717) is 17.9 Å². The van der Waals surface area contributed by atoms with Crippen LogP contribution in [0, 0.1) is 17.8 Å². The van der Waals surface area contributed by atoms with Gasteiger partial charge in [0.2, 0.25) is 15.9 Å². The molecule has 11 heteroatoms. The summed E-state index contributed by atoms with van der Waals surface area (Å²) in [6, 6.07) is 7.44. The van der Waals surface area contributed by atoms with Crippen LogP contribution in [0.4, 0.5) is 0 Å². The van der Waals surface area contributed by atoms with E-state index in [1.165, 1.54) is 36.8 Å². The number of rotatable bonds is 8. The standard InChI is InChI=1S/C27H36N4O6S/c1-19-16-31(20(2)18-32)27(33)24-13-21(9-8-12-29(3)4)15-28-26(24)37-25(19)17-30(5)38(34,35)23-11-7-10-22(14-23)36-6/h7,10-11,13-15,19-20,25,32H,12,16-18H2,1-6H3/t19-,20+,25-/m1/s1. The molecule has 1 N–H and O–H groups in total. The highest BCUT2D eigenvalue weighted by Crippen LogP contribution is 2.28. The molecule has 0 aliphatic carbocycles. The maximum atomic E-state index is 13.5. The zero-order chi connectivity index (χ0) is 28.0. The fourth-order valence-corrected chi connectivity index (χ4v) is 5.20. The first-order valence-corrected chi connectivity index (χ1v) is 13.7. The Bertz CT molecular complexity index is 1300. The van der Waals surface area contributed by atoms with Gasteiger partial charge < -0.3 is 19.5 Å². The molecule has 0 spiro atoms. The summed E-state index contributed by atoms with van der Waals surface area (Å²) in [4.78, 5) is 21.5. The van der Waals surface area contributed by atoms with Crippen molar-refractivity contribution in [2.45, 2.75) is 30.9 Å². The predicted octanol–water partition coefficient (Wildman–Crippen LogP) is 1.54. The molecule has 0 unspecified atom stereocenters. The third-order valence-electron chi connectivity index (χ3n) is 6.34. The van der Waals surface area contributed by atoms with E-state index in [0.717, 1.165) is 0 Å². The summed E-state index contributed by atoms with van der Waals surface area (Å²) in [5.41, 5.74) is 0.777. The highest BCUT2D eigenvalue weighted by atomic mass is 32.2. The molecule has 38 heavy (non-hydrogen) atoms. The van der Waals surface area contributed by atoms with Crippen molar-refractivity contribution in [1.29, 1.82) is 0 Å². The maximum Gasteiger partial charge on any atom is 0.259 e. The summed E-state index contributed by atoms with van der Waals surface area (Å²) in [7, 11) is 2.93. The summed E-state index contributed by atoms with van der Waals surface area (Å²) in [6.07, 6.45) is 0.910. The Labute approximate surface area is 225 Å². The molecule has 1 aromatic heterocycles. The minimum Gasteiger partial charge on any atom is -0.497 e. The van der Waals surface area contributed by atoms with Crippen LogP contribution in [0.25, 0.3) is 0 Å². The molecule has 0 saturated heterocycles. The molecule has 10 nitrogen and oxygen atoms in total. The molecular formula is C27H36N4O6S. The number of amides is 1. The molecule has 0 radical (unpaired) electrons. The van der Waals surface area contributed by atoms with Crippen molar-refractivity contribution < 1.29 is 27.8 Å². The van der Waals surface area contributed by atoms with Crippen LogP contribution in [-0.4, -0.2) is 105 Å². The number of pyridine rings is 1. The van der Waals surface area contributed by atoms with Gasteiger partial charge >= 0.3 is 0 Å². The number of hydrogen-bond donors (Lipinski definition) is 1. The number of aliphatic hydroxyl groups is 1. The number of nitrogens with zero attached hydrogens (tertiary/aromatic N) is 4. The van der Waals surface area contributed by atoms with Crippen LogP contribution in [0.3, 0.4) is 0 Å². The molecule has 3 atom stereocenters. The Kier molecular flexibility index (Phi) is 9.73. The second-order valence-electron chi connectivity index (χ2n) is 9.70. The Hall–Kier alpha value is -3.17. The highest BCUT2D eigenvalue weighted by molar-refractivity contribution is 7.89. The van der Waals surface area contributed by atoms with Crippen molar-refractivity contribution in [3.05, 3.63) is 47.7 Å². The van der Waals surface area contributed by atoms with Crippen LogP contribution in [0.15, 0.2) is 41.4 Å². The number of sulfonamides is 1. The number of likely N-dealkylation sites (N-methyl/N-ethyl adjacent to an activating group) is 1. The summed E-state index contributed by atoms with van der Waals surface area (Å²) in [5.74, 6) is 5.98. The fraction of sp³-hybridized carbons (Fsp3) is 0.481. The zero-order valence-corrected chi connectivity index (χ0v) is 23.5. The number of carbonyl (C=O) groups excluding carboxylic acids is 1. The summed E-state index contributed by atoms with van der Waals surface area (Å²) < 4.78 is 39.3. The summed E-state index contributed by atoms with van der Waals surface area (Å²) >= 11 is 0. The monoisotopic (exact) mass is 544 g/mol. The Morgan fingerprint density at radius 3 is 2.68 bits per heavy atom. The average molecular weight is 545 g/mol. The summed E-state index contributed by atoms with van der Waals surface area (Å²) in [5, 5.41) is 9.85. The summed E-state index contributed by atoms with van der Waals surface area (Å²) in [6.45, 7) is 4.24. The maximum absolute atomic E-state index is 13.5. The smallest absolute Gasteiger partial charge is 0.259 e. The van der Waals surface area contributed by atoms with E-state index in [1.54, 1.807) is 30.0 Å². The minimum atomic E-state index is -3.85. The topological polar surface area (TPSA) is 113 Å². The van der Waals surface area contributed by atoms with Gasteiger partial charge in [-0.2, -0.15) is 4.31 Å². The number of carbonyl (C=O) groups is 1. The van der Waals surface area contributed by atoms with Crippen LogP contribution >= 0.6 is 0 Å². The number of benzene rings is 1. The predicted molar refractivity (Wildman–Crippen MR) is 144 cm³/mol. The minimum absolute atomic E-state index is 0.0156.